The molecule has 0 aromatic rings. The van der Waals surface area contributed by atoms with E-state index in [0.717, 1.165) is 31.3 Å². The van der Waals surface area contributed by atoms with Crippen molar-refractivity contribution in [3.05, 3.63) is 11.4 Å². The number of ether oxygens (including phenoxy) is 2. The van der Waals surface area contributed by atoms with Crippen molar-refractivity contribution in [1.82, 2.24) is 5.32 Å². The minimum Gasteiger partial charge on any atom is -0.428 e. The summed E-state index contributed by atoms with van der Waals surface area (Å²) < 4.78 is 9.38. The van der Waals surface area contributed by atoms with Crippen LogP contribution in [0.5, 0.6) is 0 Å². The fraction of sp³-hybridized carbons (Fsp3) is 0.750. The van der Waals surface area contributed by atoms with E-state index in [9.17, 15) is 14.7 Å². The molecule has 0 aliphatic heterocycles. The Morgan fingerprint density at radius 2 is 2.08 bits per heavy atom. The molecular formula is C16H28NO7P. The third-order valence-electron chi connectivity index (χ3n) is 3.95. The first-order valence-electron chi connectivity index (χ1n) is 8.42. The molecule has 1 saturated carbocycles. The van der Waals surface area contributed by atoms with Crippen molar-refractivity contribution in [2.24, 2.45) is 11.8 Å². The smallest absolute Gasteiger partial charge is 0.412 e. The van der Waals surface area contributed by atoms with Gasteiger partial charge in [0.15, 0.2) is 8.38 Å². The molecular weight excluding hydrogens is 349 g/mol. The standard InChI is InChI=1S/C16H28NO7P/c1-11(2)15(19)23-10-24-16(20)17-14(18)7-6-12-4-3-5-13(8-12)9-25(21)22/h9,11-12,14,18,21-22H,3-8,10H2,1-2H3,(H,17,20). The Hall–Kier alpha value is -1.21. The number of alkyl carbamates (subject to hydrolysis) is 1. The average molecular weight is 377 g/mol. The van der Waals surface area contributed by atoms with Gasteiger partial charge in [0.1, 0.15) is 6.23 Å². The zero-order valence-electron chi connectivity index (χ0n) is 14.7. The quantitative estimate of drug-likeness (QED) is 0.291. The number of aliphatic hydroxyl groups is 1. The molecule has 0 saturated heterocycles. The Labute approximate surface area is 149 Å². The van der Waals surface area contributed by atoms with E-state index in [-0.39, 0.29) is 5.92 Å². The summed E-state index contributed by atoms with van der Waals surface area (Å²) in [5, 5.41) is 12.1. The number of allylic oxidation sites excluding steroid dienone is 1. The van der Waals surface area contributed by atoms with Gasteiger partial charge in [0.25, 0.3) is 0 Å². The van der Waals surface area contributed by atoms with Crippen molar-refractivity contribution in [1.29, 1.82) is 0 Å². The lowest BCUT2D eigenvalue weighted by Crippen LogP contribution is -2.36. The predicted molar refractivity (Wildman–Crippen MR) is 92.1 cm³/mol. The number of nitrogens with one attached hydrogen (secondary N) is 1. The summed E-state index contributed by atoms with van der Waals surface area (Å²) in [6.07, 6.45) is 2.82. The average Bonchev–Trinajstić information content (AvgIpc) is 2.52. The monoisotopic (exact) mass is 377 g/mol. The lowest BCUT2D eigenvalue weighted by atomic mass is 9.83. The topological polar surface area (TPSA) is 125 Å². The zero-order chi connectivity index (χ0) is 18.8. The second kappa shape index (κ2) is 11.4. The van der Waals surface area contributed by atoms with Crippen molar-refractivity contribution in [3.63, 3.8) is 0 Å². The Balaban J connectivity index is 2.22. The van der Waals surface area contributed by atoms with Gasteiger partial charge in [-0.1, -0.05) is 19.4 Å². The molecule has 144 valence electrons. The summed E-state index contributed by atoms with van der Waals surface area (Å²) in [5.41, 5.74) is 1.04. The van der Waals surface area contributed by atoms with Crippen LogP contribution in [0.3, 0.4) is 0 Å². The normalized spacial score (nSPS) is 20.6. The molecule has 2 atom stereocenters. The van der Waals surface area contributed by atoms with Crippen LogP contribution in [-0.4, -0.2) is 40.0 Å². The minimum atomic E-state index is -2.01. The molecule has 8 nitrogen and oxygen atoms in total. The number of carbonyl (C=O) groups is 2. The number of hydrogen-bond acceptors (Lipinski definition) is 7. The highest BCUT2D eigenvalue weighted by molar-refractivity contribution is 7.48. The molecule has 1 aliphatic rings. The second-order valence-corrected chi connectivity index (χ2v) is 7.37. The third-order valence-corrected chi connectivity index (χ3v) is 4.55. The van der Waals surface area contributed by atoms with Crippen LogP contribution in [0.4, 0.5) is 4.79 Å². The van der Waals surface area contributed by atoms with Gasteiger partial charge >= 0.3 is 12.1 Å². The molecule has 25 heavy (non-hydrogen) atoms. The largest absolute Gasteiger partial charge is 0.428 e. The Morgan fingerprint density at radius 1 is 1.36 bits per heavy atom. The van der Waals surface area contributed by atoms with E-state index >= 15 is 0 Å². The molecule has 0 aromatic carbocycles. The van der Waals surface area contributed by atoms with Gasteiger partial charge in [-0.2, -0.15) is 0 Å². The number of amides is 1. The number of aliphatic hydroxyl groups excluding tert-OH is 1. The van der Waals surface area contributed by atoms with Gasteiger partial charge in [0, 0.05) is 0 Å². The molecule has 0 spiro atoms. The van der Waals surface area contributed by atoms with Gasteiger partial charge in [-0.25, -0.2) is 4.79 Å². The lowest BCUT2D eigenvalue weighted by Gasteiger charge is -2.25. The van der Waals surface area contributed by atoms with Gasteiger partial charge in [-0.05, 0) is 50.3 Å². The highest BCUT2D eigenvalue weighted by Gasteiger charge is 2.20. The van der Waals surface area contributed by atoms with E-state index in [1.54, 1.807) is 13.8 Å². The van der Waals surface area contributed by atoms with E-state index in [4.69, 9.17) is 14.5 Å². The molecule has 0 aromatic heterocycles. The van der Waals surface area contributed by atoms with Crippen molar-refractivity contribution >= 4 is 20.4 Å². The second-order valence-electron chi connectivity index (χ2n) is 6.48. The zero-order valence-corrected chi connectivity index (χ0v) is 15.6. The molecule has 0 bridgehead atoms. The van der Waals surface area contributed by atoms with Crippen LogP contribution in [0.15, 0.2) is 11.4 Å². The van der Waals surface area contributed by atoms with Crippen LogP contribution < -0.4 is 5.32 Å². The van der Waals surface area contributed by atoms with Gasteiger partial charge in [-0.3, -0.25) is 10.1 Å². The van der Waals surface area contributed by atoms with Gasteiger partial charge < -0.3 is 24.4 Å². The minimum absolute atomic E-state index is 0.306. The lowest BCUT2D eigenvalue weighted by molar-refractivity contribution is -0.155. The number of carbonyl (C=O) groups excluding carboxylic acids is 2. The Morgan fingerprint density at radius 3 is 2.72 bits per heavy atom. The summed E-state index contributed by atoms with van der Waals surface area (Å²) in [4.78, 5) is 40.8. The third kappa shape index (κ3) is 9.75. The van der Waals surface area contributed by atoms with Crippen molar-refractivity contribution in [3.8, 4) is 0 Å². The van der Waals surface area contributed by atoms with Crippen LogP contribution in [0.25, 0.3) is 0 Å². The molecule has 1 amide bonds. The highest BCUT2D eigenvalue weighted by atomic mass is 31.2. The maximum Gasteiger partial charge on any atom is 0.412 e. The van der Waals surface area contributed by atoms with Crippen LogP contribution in [0, 0.1) is 11.8 Å². The van der Waals surface area contributed by atoms with Gasteiger partial charge in [0.2, 0.25) is 6.79 Å². The predicted octanol–water partition coefficient (Wildman–Crippen LogP) is 2.34. The van der Waals surface area contributed by atoms with Gasteiger partial charge in [0.05, 0.1) is 5.92 Å². The molecule has 9 heteroatoms. The molecule has 2 unspecified atom stereocenters. The van der Waals surface area contributed by atoms with Crippen LogP contribution in [-0.2, 0) is 14.3 Å². The molecule has 0 heterocycles. The summed E-state index contributed by atoms with van der Waals surface area (Å²) in [7, 11) is -2.01. The maximum atomic E-state index is 11.5. The van der Waals surface area contributed by atoms with Crippen molar-refractivity contribution < 1.29 is 34.0 Å². The first-order valence-corrected chi connectivity index (χ1v) is 9.74. The summed E-state index contributed by atoms with van der Waals surface area (Å²) >= 11 is 0. The van der Waals surface area contributed by atoms with Gasteiger partial charge in [-0.15, -0.1) is 0 Å². The molecule has 4 N–H and O–H groups in total. The van der Waals surface area contributed by atoms with E-state index in [1.807, 2.05) is 0 Å². The molecule has 0 radical (unpaired) electrons. The summed E-state index contributed by atoms with van der Waals surface area (Å²) in [5.74, 6) is 1.09. The number of esters is 1. The van der Waals surface area contributed by atoms with E-state index in [2.05, 4.69) is 10.1 Å². The first kappa shape index (κ1) is 21.8. The molecule has 1 fully saturated rings. The van der Waals surface area contributed by atoms with Crippen LogP contribution in [0.1, 0.15) is 52.4 Å². The number of hydrogen-bond donors (Lipinski definition) is 4. The van der Waals surface area contributed by atoms with E-state index in [1.165, 1.54) is 5.82 Å². The molecule has 1 aliphatic carbocycles. The SMILES string of the molecule is CC(C)C(=O)OCOC(=O)NC(O)CCC1CCCC(=CP(O)O)C1. The maximum absolute atomic E-state index is 11.5. The Kier molecular flexibility index (Phi) is 9.97. The van der Waals surface area contributed by atoms with Crippen LogP contribution in [0.2, 0.25) is 0 Å². The fourth-order valence-electron chi connectivity index (χ4n) is 2.67. The fourth-order valence-corrected chi connectivity index (χ4v) is 3.23. The van der Waals surface area contributed by atoms with E-state index < -0.39 is 33.5 Å². The van der Waals surface area contributed by atoms with E-state index in [0.29, 0.717) is 18.8 Å². The first-order chi connectivity index (χ1) is 11.8. The van der Waals surface area contributed by atoms with Crippen LogP contribution >= 0.6 is 8.38 Å². The van der Waals surface area contributed by atoms with Crippen molar-refractivity contribution in [2.75, 3.05) is 6.79 Å². The highest BCUT2D eigenvalue weighted by Crippen LogP contribution is 2.36. The summed E-state index contributed by atoms with van der Waals surface area (Å²) in [6, 6.07) is 0. The molecule has 1 rings (SSSR count). The Bertz CT molecular complexity index is 467. The summed E-state index contributed by atoms with van der Waals surface area (Å²) in [6.45, 7) is 2.85. The van der Waals surface area contributed by atoms with Crippen molar-refractivity contribution in [2.45, 2.75) is 58.6 Å². The number of rotatable bonds is 8.